The molecule has 6 nitrogen and oxygen atoms in total. The van der Waals surface area contributed by atoms with E-state index >= 15 is 0 Å². The van der Waals surface area contributed by atoms with Crippen molar-refractivity contribution in [3.63, 3.8) is 0 Å². The highest BCUT2D eigenvalue weighted by Gasteiger charge is 1.91. The number of rotatable bonds is 4. The van der Waals surface area contributed by atoms with Crippen LogP contribution in [0.5, 0.6) is 0 Å². The van der Waals surface area contributed by atoms with Gasteiger partial charge in [0.15, 0.2) is 0 Å². The van der Waals surface area contributed by atoms with E-state index < -0.39 is 10.4 Å². The summed E-state index contributed by atoms with van der Waals surface area (Å²) in [5.74, 6) is 0.793. The van der Waals surface area contributed by atoms with E-state index in [-0.39, 0.29) is 6.15 Å². The van der Waals surface area contributed by atoms with Gasteiger partial charge >= 0.3 is 10.4 Å². The van der Waals surface area contributed by atoms with Crippen LogP contribution in [-0.2, 0) is 10.4 Å². The lowest BCUT2D eigenvalue weighted by molar-refractivity contribution is 0.280. The number of unbranched alkanes of at least 4 members (excludes halogenated alkanes) is 1. The minimum absolute atomic E-state index is 0. The lowest BCUT2D eigenvalue weighted by Gasteiger charge is -2.00. The molecule has 0 bridgehead atoms. The zero-order valence-electron chi connectivity index (χ0n) is 8.68. The number of hydrogen-bond acceptors (Lipinski definition) is 4. The van der Waals surface area contributed by atoms with Crippen LogP contribution in [0.2, 0.25) is 0 Å². The summed E-state index contributed by atoms with van der Waals surface area (Å²) in [6.45, 7) is 4.77. The Labute approximate surface area is 85.5 Å². The first-order valence-corrected chi connectivity index (χ1v) is 5.47. The molecule has 0 aromatic carbocycles. The minimum atomic E-state index is -4.67. The topological polar surface area (TPSA) is 130 Å². The first-order valence-electron chi connectivity index (χ1n) is 4.08. The van der Waals surface area contributed by atoms with Crippen molar-refractivity contribution in [3.8, 4) is 0 Å². The molecular formula is C7H21NO5S. The van der Waals surface area contributed by atoms with Crippen LogP contribution in [0.4, 0.5) is 0 Å². The summed E-state index contributed by atoms with van der Waals surface area (Å²) >= 11 is 0. The zero-order chi connectivity index (χ0) is 10.9. The summed E-state index contributed by atoms with van der Waals surface area (Å²) in [4.78, 5) is 0. The molecule has 0 rings (SSSR count). The molecule has 0 amide bonds. The molecule has 0 aliphatic carbocycles. The molecule has 14 heavy (non-hydrogen) atoms. The number of hydrogen-bond donors (Lipinski definition) is 4. The maximum Gasteiger partial charge on any atom is 0.394 e. The van der Waals surface area contributed by atoms with Crippen molar-refractivity contribution < 1.29 is 22.6 Å². The van der Waals surface area contributed by atoms with E-state index in [1.807, 2.05) is 0 Å². The van der Waals surface area contributed by atoms with Crippen molar-refractivity contribution in [2.45, 2.75) is 33.1 Å². The average molecular weight is 231 g/mol. The van der Waals surface area contributed by atoms with E-state index in [1.165, 1.54) is 12.8 Å². The highest BCUT2D eigenvalue weighted by atomic mass is 32.3. The lowest BCUT2D eigenvalue weighted by atomic mass is 10.1. The third-order valence-corrected chi connectivity index (χ3v) is 1.19. The molecule has 7 heteroatoms. The summed E-state index contributed by atoms with van der Waals surface area (Å²) in [6.07, 6.45) is 3.40. The molecule has 0 aromatic rings. The van der Waals surface area contributed by atoms with Crippen LogP contribution in [0.15, 0.2) is 0 Å². The molecule has 90 valence electrons. The summed E-state index contributed by atoms with van der Waals surface area (Å²) < 4.78 is 31.6. The van der Waals surface area contributed by atoms with Crippen LogP contribution in [0, 0.1) is 5.92 Å². The lowest BCUT2D eigenvalue weighted by Crippen LogP contribution is -1.89. The molecule has 0 radical (unpaired) electrons. The zero-order valence-corrected chi connectivity index (χ0v) is 9.50. The van der Waals surface area contributed by atoms with E-state index in [2.05, 4.69) is 13.8 Å². The van der Waals surface area contributed by atoms with Gasteiger partial charge in [0.25, 0.3) is 0 Å². The highest BCUT2D eigenvalue weighted by molar-refractivity contribution is 7.79. The van der Waals surface area contributed by atoms with E-state index in [0.717, 1.165) is 12.3 Å². The summed E-state index contributed by atoms with van der Waals surface area (Å²) in [7, 11) is -4.67. The minimum Gasteiger partial charge on any atom is -0.396 e. The Hall–Kier alpha value is -0.210. The molecule has 0 saturated heterocycles. The molecule has 0 aromatic heterocycles. The highest BCUT2D eigenvalue weighted by Crippen LogP contribution is 2.04. The van der Waals surface area contributed by atoms with Crippen LogP contribution in [0.25, 0.3) is 0 Å². The van der Waals surface area contributed by atoms with E-state index in [4.69, 9.17) is 22.6 Å². The molecule has 0 heterocycles. The molecule has 0 aliphatic heterocycles. The monoisotopic (exact) mass is 231 g/mol. The molecule has 0 aliphatic rings. The fraction of sp³-hybridized carbons (Fsp3) is 1.00. The van der Waals surface area contributed by atoms with Crippen LogP contribution in [0.3, 0.4) is 0 Å². The van der Waals surface area contributed by atoms with Gasteiger partial charge in [-0.15, -0.1) is 0 Å². The van der Waals surface area contributed by atoms with E-state index in [0.29, 0.717) is 6.61 Å². The van der Waals surface area contributed by atoms with Gasteiger partial charge in [0.05, 0.1) is 0 Å². The van der Waals surface area contributed by atoms with Gasteiger partial charge in [-0.3, -0.25) is 9.11 Å². The second kappa shape index (κ2) is 10.9. The maximum absolute atomic E-state index is 8.74. The number of aliphatic hydroxyl groups is 1. The quantitative estimate of drug-likeness (QED) is 0.426. The summed E-state index contributed by atoms with van der Waals surface area (Å²) in [5.41, 5.74) is 0. The van der Waals surface area contributed by atoms with Gasteiger partial charge in [0.1, 0.15) is 0 Å². The van der Waals surface area contributed by atoms with Crippen molar-refractivity contribution in [3.05, 3.63) is 0 Å². The Morgan fingerprint density at radius 2 is 1.50 bits per heavy atom. The molecule has 6 N–H and O–H groups in total. The van der Waals surface area contributed by atoms with Crippen LogP contribution in [-0.4, -0.2) is 29.2 Å². The Morgan fingerprint density at radius 1 is 1.14 bits per heavy atom. The maximum atomic E-state index is 8.74. The van der Waals surface area contributed by atoms with Gasteiger partial charge in [-0.2, -0.15) is 8.42 Å². The fourth-order valence-electron chi connectivity index (χ4n) is 0.664. The van der Waals surface area contributed by atoms with Crippen LogP contribution >= 0.6 is 0 Å². The van der Waals surface area contributed by atoms with E-state index in [9.17, 15) is 0 Å². The SMILES string of the molecule is CC(C)CCCCO.N.O=S(=O)(O)O. The average Bonchev–Trinajstić information content (AvgIpc) is 1.83. The normalized spacial score (nSPS) is 10.1. The van der Waals surface area contributed by atoms with Gasteiger partial charge in [0, 0.05) is 6.61 Å². The Balaban J connectivity index is -0.000000177. The fourth-order valence-corrected chi connectivity index (χ4v) is 0.664. The summed E-state index contributed by atoms with van der Waals surface area (Å²) in [6, 6.07) is 0. The number of aliphatic hydroxyl groups excluding tert-OH is 1. The first kappa shape index (κ1) is 19.4. The predicted octanol–water partition coefficient (Wildman–Crippen LogP) is 1.31. The molecular weight excluding hydrogens is 210 g/mol. The van der Waals surface area contributed by atoms with Gasteiger partial charge in [-0.05, 0) is 12.3 Å². The van der Waals surface area contributed by atoms with Gasteiger partial charge in [0.2, 0.25) is 0 Å². The van der Waals surface area contributed by atoms with Crippen molar-refractivity contribution in [2.24, 2.45) is 5.92 Å². The second-order valence-corrected chi connectivity index (χ2v) is 3.96. The van der Waals surface area contributed by atoms with Crippen LogP contribution in [0.1, 0.15) is 33.1 Å². The Kier molecular flexibility index (Phi) is 15.0. The largest absolute Gasteiger partial charge is 0.396 e. The molecule has 0 fully saturated rings. The molecule has 0 saturated carbocycles. The standard InChI is InChI=1S/C7H16O.H3N.H2O4S/c1-7(2)5-3-4-6-8;;1-5(2,3)4/h7-8H,3-6H2,1-2H3;1H3;(H2,1,2,3,4). The molecule has 0 spiro atoms. The first-order chi connectivity index (χ1) is 5.77. The van der Waals surface area contributed by atoms with Crippen molar-refractivity contribution >= 4 is 10.4 Å². The Bertz CT molecular complexity index is 182. The molecule has 0 atom stereocenters. The van der Waals surface area contributed by atoms with Crippen LogP contribution < -0.4 is 6.15 Å². The smallest absolute Gasteiger partial charge is 0.394 e. The Morgan fingerprint density at radius 3 is 1.71 bits per heavy atom. The molecule has 0 unspecified atom stereocenters. The second-order valence-electron chi connectivity index (χ2n) is 3.06. The van der Waals surface area contributed by atoms with Gasteiger partial charge in [-0.1, -0.05) is 26.7 Å². The van der Waals surface area contributed by atoms with Gasteiger partial charge in [-0.25, -0.2) is 0 Å². The third-order valence-electron chi connectivity index (χ3n) is 1.19. The summed E-state index contributed by atoms with van der Waals surface area (Å²) in [5, 5.41) is 8.38. The van der Waals surface area contributed by atoms with Gasteiger partial charge < -0.3 is 11.3 Å². The third kappa shape index (κ3) is 59.8. The predicted molar refractivity (Wildman–Crippen MR) is 55.0 cm³/mol. The van der Waals surface area contributed by atoms with E-state index in [1.54, 1.807) is 0 Å². The van der Waals surface area contributed by atoms with Crippen molar-refractivity contribution in [1.82, 2.24) is 6.15 Å². The van der Waals surface area contributed by atoms with Crippen molar-refractivity contribution in [2.75, 3.05) is 6.61 Å². The van der Waals surface area contributed by atoms with Crippen molar-refractivity contribution in [1.29, 1.82) is 0 Å².